The van der Waals surface area contributed by atoms with Gasteiger partial charge in [0, 0.05) is 17.4 Å². The molecule has 1 aromatic carbocycles. The van der Waals surface area contributed by atoms with E-state index in [9.17, 15) is 4.39 Å². The molecule has 14 heavy (non-hydrogen) atoms. The Bertz CT molecular complexity index is 297. The summed E-state index contributed by atoms with van der Waals surface area (Å²) in [6.45, 7) is 1.90. The molecule has 1 unspecified atom stereocenters. The molecule has 0 aromatic heterocycles. The van der Waals surface area contributed by atoms with Crippen molar-refractivity contribution in [3.8, 4) is 0 Å². The lowest BCUT2D eigenvalue weighted by Gasteiger charge is -2.21. The molecule has 0 aliphatic rings. The van der Waals surface area contributed by atoms with E-state index in [0.29, 0.717) is 12.8 Å². The molecule has 0 amide bonds. The van der Waals surface area contributed by atoms with Gasteiger partial charge in [-0.3, -0.25) is 0 Å². The van der Waals surface area contributed by atoms with E-state index in [2.05, 4.69) is 15.9 Å². The lowest BCUT2D eigenvalue weighted by Crippen LogP contribution is -2.34. The van der Waals surface area contributed by atoms with E-state index >= 15 is 0 Å². The van der Waals surface area contributed by atoms with Crippen LogP contribution in [0.3, 0.4) is 0 Å². The second-order valence-corrected chi connectivity index (χ2v) is 4.43. The Morgan fingerprint density at radius 3 is 2.71 bits per heavy atom. The second-order valence-electron chi connectivity index (χ2n) is 3.52. The first-order valence-corrected chi connectivity index (χ1v) is 5.52. The summed E-state index contributed by atoms with van der Waals surface area (Å²) >= 11 is 3.36. The number of nitrogens with two attached hydrogens (primary N) is 1. The van der Waals surface area contributed by atoms with Crippen molar-refractivity contribution in [1.82, 2.24) is 0 Å². The fourth-order valence-corrected chi connectivity index (χ4v) is 1.80. The van der Waals surface area contributed by atoms with Crippen molar-refractivity contribution in [2.45, 2.75) is 25.4 Å². The molecule has 1 rings (SSSR count). The maximum Gasteiger partial charge on any atom is 0.126 e. The molecule has 1 nitrogen and oxygen atoms in total. The van der Waals surface area contributed by atoms with Gasteiger partial charge in [-0.2, -0.15) is 0 Å². The number of hydrogen-bond acceptors (Lipinski definition) is 1. The van der Waals surface area contributed by atoms with Crippen LogP contribution in [0.1, 0.15) is 18.9 Å². The molecule has 0 spiro atoms. The van der Waals surface area contributed by atoms with Crippen LogP contribution in [0.5, 0.6) is 0 Å². The maximum absolute atomic E-state index is 13.9. The van der Waals surface area contributed by atoms with E-state index in [4.69, 9.17) is 5.73 Å². The molecular formula is C11H15BrFN. The molecule has 0 saturated heterocycles. The Morgan fingerprint density at radius 2 is 2.21 bits per heavy atom. The summed E-state index contributed by atoms with van der Waals surface area (Å²) in [5, 5.41) is 0. The third kappa shape index (κ3) is 3.07. The van der Waals surface area contributed by atoms with Crippen LogP contribution in [0.15, 0.2) is 28.7 Å². The standard InChI is InChI=1S/C11H15BrFN/c1-2-11(13,8-14)7-9-4-3-5-10(12)6-9/h3-6H,2,7-8,14H2,1H3. The molecule has 0 heterocycles. The van der Waals surface area contributed by atoms with Crippen molar-refractivity contribution >= 4 is 15.9 Å². The number of benzene rings is 1. The van der Waals surface area contributed by atoms with Crippen LogP contribution in [0.4, 0.5) is 4.39 Å². The SMILES string of the molecule is CCC(F)(CN)Cc1cccc(Br)c1. The topological polar surface area (TPSA) is 26.0 Å². The zero-order chi connectivity index (χ0) is 10.6. The van der Waals surface area contributed by atoms with Gasteiger partial charge in [0.15, 0.2) is 0 Å². The van der Waals surface area contributed by atoms with E-state index in [1.54, 1.807) is 0 Å². The molecule has 1 atom stereocenters. The Balaban J connectivity index is 2.77. The molecule has 78 valence electrons. The molecule has 1 aromatic rings. The summed E-state index contributed by atoms with van der Waals surface area (Å²) in [6.07, 6.45) is 0.843. The highest BCUT2D eigenvalue weighted by atomic mass is 79.9. The quantitative estimate of drug-likeness (QED) is 0.884. The first-order chi connectivity index (χ1) is 6.59. The largest absolute Gasteiger partial charge is 0.328 e. The van der Waals surface area contributed by atoms with E-state index in [0.717, 1.165) is 10.0 Å². The molecule has 3 heteroatoms. The van der Waals surface area contributed by atoms with Crippen molar-refractivity contribution in [1.29, 1.82) is 0 Å². The number of alkyl halides is 1. The summed E-state index contributed by atoms with van der Waals surface area (Å²) in [5.74, 6) is 0. The van der Waals surface area contributed by atoms with Crippen LogP contribution in [-0.2, 0) is 6.42 Å². The van der Waals surface area contributed by atoms with Gasteiger partial charge in [-0.25, -0.2) is 4.39 Å². The minimum absolute atomic E-state index is 0.0794. The van der Waals surface area contributed by atoms with E-state index in [1.165, 1.54) is 0 Å². The number of hydrogen-bond donors (Lipinski definition) is 1. The van der Waals surface area contributed by atoms with Gasteiger partial charge < -0.3 is 5.73 Å². The van der Waals surface area contributed by atoms with E-state index < -0.39 is 5.67 Å². The van der Waals surface area contributed by atoms with Crippen molar-refractivity contribution in [2.75, 3.05) is 6.54 Å². The Kier molecular flexibility index (Phi) is 4.08. The van der Waals surface area contributed by atoms with Crippen LogP contribution in [-0.4, -0.2) is 12.2 Å². The highest BCUT2D eigenvalue weighted by Gasteiger charge is 2.25. The minimum Gasteiger partial charge on any atom is -0.328 e. The molecule has 2 N–H and O–H groups in total. The summed E-state index contributed by atoms with van der Waals surface area (Å²) in [4.78, 5) is 0. The van der Waals surface area contributed by atoms with E-state index in [1.807, 2.05) is 31.2 Å². The first kappa shape index (κ1) is 11.7. The zero-order valence-corrected chi connectivity index (χ0v) is 9.85. The van der Waals surface area contributed by atoms with Crippen molar-refractivity contribution in [3.63, 3.8) is 0 Å². The van der Waals surface area contributed by atoms with Gasteiger partial charge in [0.1, 0.15) is 5.67 Å². The Morgan fingerprint density at radius 1 is 1.50 bits per heavy atom. The molecular weight excluding hydrogens is 245 g/mol. The van der Waals surface area contributed by atoms with Gasteiger partial charge >= 0.3 is 0 Å². The fraction of sp³-hybridized carbons (Fsp3) is 0.455. The van der Waals surface area contributed by atoms with Gasteiger partial charge in [0.25, 0.3) is 0 Å². The summed E-state index contributed by atoms with van der Waals surface area (Å²) < 4.78 is 14.9. The Hall–Kier alpha value is -0.410. The molecule has 0 saturated carbocycles. The van der Waals surface area contributed by atoms with Crippen molar-refractivity contribution in [2.24, 2.45) is 5.73 Å². The third-order valence-electron chi connectivity index (χ3n) is 2.41. The van der Waals surface area contributed by atoms with Crippen LogP contribution in [0.2, 0.25) is 0 Å². The van der Waals surface area contributed by atoms with Gasteiger partial charge in [-0.05, 0) is 24.1 Å². The van der Waals surface area contributed by atoms with Crippen molar-refractivity contribution < 1.29 is 4.39 Å². The predicted octanol–water partition coefficient (Wildman–Crippen LogP) is 3.07. The van der Waals surface area contributed by atoms with Crippen LogP contribution >= 0.6 is 15.9 Å². The lowest BCUT2D eigenvalue weighted by atomic mass is 9.94. The third-order valence-corrected chi connectivity index (χ3v) is 2.90. The van der Waals surface area contributed by atoms with Crippen LogP contribution in [0.25, 0.3) is 0 Å². The second kappa shape index (κ2) is 4.89. The van der Waals surface area contributed by atoms with Crippen LogP contribution < -0.4 is 5.73 Å². The molecule has 0 radical (unpaired) electrons. The monoisotopic (exact) mass is 259 g/mol. The molecule has 0 aliphatic carbocycles. The smallest absolute Gasteiger partial charge is 0.126 e. The van der Waals surface area contributed by atoms with Gasteiger partial charge in [-0.1, -0.05) is 35.0 Å². The van der Waals surface area contributed by atoms with Crippen molar-refractivity contribution in [3.05, 3.63) is 34.3 Å². The van der Waals surface area contributed by atoms with Crippen LogP contribution in [0, 0.1) is 0 Å². The Labute approximate surface area is 92.6 Å². The van der Waals surface area contributed by atoms with Gasteiger partial charge in [0.05, 0.1) is 0 Å². The van der Waals surface area contributed by atoms with Gasteiger partial charge in [0.2, 0.25) is 0 Å². The number of halogens is 2. The average Bonchev–Trinajstić information content (AvgIpc) is 2.18. The van der Waals surface area contributed by atoms with E-state index in [-0.39, 0.29) is 6.54 Å². The number of rotatable bonds is 4. The highest BCUT2D eigenvalue weighted by molar-refractivity contribution is 9.10. The fourth-order valence-electron chi connectivity index (χ4n) is 1.35. The minimum atomic E-state index is -1.26. The first-order valence-electron chi connectivity index (χ1n) is 4.73. The molecule has 0 bridgehead atoms. The molecule has 0 aliphatic heterocycles. The lowest BCUT2D eigenvalue weighted by molar-refractivity contribution is 0.167. The maximum atomic E-state index is 13.9. The van der Waals surface area contributed by atoms with Gasteiger partial charge in [-0.15, -0.1) is 0 Å². The summed E-state index contributed by atoms with van der Waals surface area (Å²) in [7, 11) is 0. The predicted molar refractivity (Wildman–Crippen MR) is 61.0 cm³/mol. The summed E-state index contributed by atoms with van der Waals surface area (Å²) in [6, 6.07) is 7.69. The zero-order valence-electron chi connectivity index (χ0n) is 8.26. The normalized spacial score (nSPS) is 15.1. The molecule has 0 fully saturated rings. The average molecular weight is 260 g/mol. The highest BCUT2D eigenvalue weighted by Crippen LogP contribution is 2.22. The summed E-state index contributed by atoms with van der Waals surface area (Å²) in [5.41, 5.74) is 5.13.